The predicted octanol–water partition coefficient (Wildman–Crippen LogP) is 5.42. The second-order valence-corrected chi connectivity index (χ2v) is 8.44. The minimum Gasteiger partial charge on any atom is -0.493 e. The van der Waals surface area contributed by atoms with Gasteiger partial charge in [-0.25, -0.2) is 4.79 Å². The van der Waals surface area contributed by atoms with Gasteiger partial charge in [-0.2, -0.15) is 0 Å². The molecular weight excluding hydrogens is 396 g/mol. The number of para-hydroxylation sites is 1. The fourth-order valence-corrected chi connectivity index (χ4v) is 3.30. The van der Waals surface area contributed by atoms with Crippen molar-refractivity contribution in [3.63, 3.8) is 0 Å². The van der Waals surface area contributed by atoms with Crippen LogP contribution in [0.2, 0.25) is 0 Å². The van der Waals surface area contributed by atoms with E-state index in [4.69, 9.17) is 19.0 Å². The molecule has 1 heterocycles. The molecule has 2 aromatic carbocycles. The zero-order valence-corrected chi connectivity index (χ0v) is 18.1. The average Bonchev–Trinajstić information content (AvgIpc) is 2.72. The Hall–Kier alpha value is -3.28. The summed E-state index contributed by atoms with van der Waals surface area (Å²) in [5, 5.41) is 9.36. The van der Waals surface area contributed by atoms with E-state index in [9.17, 15) is 9.59 Å². The molecule has 0 bridgehead atoms. The van der Waals surface area contributed by atoms with Crippen LogP contribution in [-0.2, 0) is 5.41 Å². The number of fused-ring (bicyclic) bond motifs is 1. The average molecular weight is 424 g/mol. The van der Waals surface area contributed by atoms with Gasteiger partial charge in [-0.3, -0.25) is 4.79 Å². The van der Waals surface area contributed by atoms with Crippen LogP contribution in [0.25, 0.3) is 11.0 Å². The third kappa shape index (κ3) is 5.87. The first-order valence-electron chi connectivity index (χ1n) is 10.4. The molecule has 3 aromatic rings. The Balaban J connectivity index is 1.46. The molecule has 1 aromatic heterocycles. The second kappa shape index (κ2) is 9.69. The van der Waals surface area contributed by atoms with Crippen LogP contribution in [0.4, 0.5) is 0 Å². The Bertz CT molecular complexity index is 1110. The molecule has 0 amide bonds. The van der Waals surface area contributed by atoms with Crippen molar-refractivity contribution in [1.29, 1.82) is 0 Å². The molecule has 0 radical (unpaired) electrons. The molecule has 0 saturated heterocycles. The topological polar surface area (TPSA) is 86.0 Å². The maximum absolute atomic E-state index is 12.0. The van der Waals surface area contributed by atoms with E-state index in [0.717, 1.165) is 31.1 Å². The van der Waals surface area contributed by atoms with Crippen molar-refractivity contribution in [1.82, 2.24) is 0 Å². The van der Waals surface area contributed by atoms with Gasteiger partial charge in [0.1, 0.15) is 17.1 Å². The number of rotatable bonds is 9. The number of carbonyl (C=O) groups is 1. The highest BCUT2D eigenvalue weighted by Gasteiger charge is 2.18. The number of benzene rings is 2. The summed E-state index contributed by atoms with van der Waals surface area (Å²) in [4.78, 5) is 23.0. The van der Waals surface area contributed by atoms with Gasteiger partial charge in [0.25, 0.3) is 0 Å². The molecule has 0 saturated carbocycles. The quantitative estimate of drug-likeness (QED) is 0.462. The molecule has 0 aliphatic rings. The second-order valence-electron chi connectivity index (χ2n) is 8.44. The molecule has 0 spiro atoms. The van der Waals surface area contributed by atoms with Crippen LogP contribution in [-0.4, -0.2) is 24.3 Å². The fourth-order valence-electron chi connectivity index (χ4n) is 3.30. The van der Waals surface area contributed by atoms with Crippen molar-refractivity contribution >= 4 is 16.9 Å². The Morgan fingerprint density at radius 1 is 0.968 bits per heavy atom. The molecule has 0 fully saturated rings. The third-order valence-electron chi connectivity index (χ3n) is 4.92. The lowest BCUT2D eigenvalue weighted by molar-refractivity contribution is 0.0663. The van der Waals surface area contributed by atoms with Crippen molar-refractivity contribution in [2.45, 2.75) is 45.4 Å². The van der Waals surface area contributed by atoms with Gasteiger partial charge in [0, 0.05) is 12.1 Å². The molecule has 0 unspecified atom stereocenters. The van der Waals surface area contributed by atoms with Gasteiger partial charge in [0.15, 0.2) is 5.43 Å². The maximum Gasteiger partial charge on any atom is 0.371 e. The molecule has 1 N–H and O–H groups in total. The highest BCUT2D eigenvalue weighted by atomic mass is 16.5. The van der Waals surface area contributed by atoms with Crippen molar-refractivity contribution in [3.05, 3.63) is 70.1 Å². The van der Waals surface area contributed by atoms with Gasteiger partial charge < -0.3 is 19.0 Å². The summed E-state index contributed by atoms with van der Waals surface area (Å²) in [6.45, 7) is 7.67. The van der Waals surface area contributed by atoms with Crippen LogP contribution in [0.15, 0.2) is 57.7 Å². The van der Waals surface area contributed by atoms with E-state index < -0.39 is 11.4 Å². The predicted molar refractivity (Wildman–Crippen MR) is 119 cm³/mol. The molecule has 0 aliphatic carbocycles. The molecule has 3 rings (SSSR count). The van der Waals surface area contributed by atoms with Crippen LogP contribution in [0, 0.1) is 0 Å². The summed E-state index contributed by atoms with van der Waals surface area (Å²) in [6, 6.07) is 13.9. The molecule has 6 heteroatoms. The lowest BCUT2D eigenvalue weighted by Gasteiger charge is -2.22. The first kappa shape index (κ1) is 22.4. The van der Waals surface area contributed by atoms with E-state index >= 15 is 0 Å². The number of aromatic carboxylic acids is 1. The van der Waals surface area contributed by atoms with Crippen molar-refractivity contribution < 1.29 is 23.8 Å². The van der Waals surface area contributed by atoms with Gasteiger partial charge in [0.2, 0.25) is 5.76 Å². The lowest BCUT2D eigenvalue weighted by atomic mass is 9.86. The minimum absolute atomic E-state index is 0.0364. The fraction of sp³-hybridized carbons (Fsp3) is 0.360. The summed E-state index contributed by atoms with van der Waals surface area (Å²) < 4.78 is 17.0. The van der Waals surface area contributed by atoms with Crippen LogP contribution in [0.1, 0.15) is 56.2 Å². The van der Waals surface area contributed by atoms with Crippen LogP contribution in [0.5, 0.6) is 11.5 Å². The normalized spacial score (nSPS) is 11.5. The number of hydrogen-bond donors (Lipinski definition) is 1. The largest absolute Gasteiger partial charge is 0.493 e. The van der Waals surface area contributed by atoms with Crippen molar-refractivity contribution in [2.75, 3.05) is 13.2 Å². The number of carboxylic acid groups (broad SMARTS) is 1. The van der Waals surface area contributed by atoms with Crippen molar-refractivity contribution in [2.24, 2.45) is 0 Å². The summed E-state index contributed by atoms with van der Waals surface area (Å²) in [7, 11) is 0. The maximum atomic E-state index is 12.0. The molecule has 164 valence electrons. The Morgan fingerprint density at radius 2 is 1.68 bits per heavy atom. The standard InChI is InChI=1S/C25H28O6/c1-25(2,3)19-9-5-6-10-21(19)30-14-8-4-7-13-29-17-11-12-18-20(26)16-23(24(27)28)31-22(18)15-17/h5-6,9-12,15-16H,4,7-8,13-14H2,1-3H3,(H,27,28). The summed E-state index contributed by atoms with van der Waals surface area (Å²) in [5.74, 6) is -0.196. The van der Waals surface area contributed by atoms with Gasteiger partial charge in [0.05, 0.1) is 18.6 Å². The summed E-state index contributed by atoms with van der Waals surface area (Å²) >= 11 is 0. The molecule has 6 nitrogen and oxygen atoms in total. The molecule has 31 heavy (non-hydrogen) atoms. The molecule has 0 aliphatic heterocycles. The van der Waals surface area contributed by atoms with E-state index in [1.54, 1.807) is 18.2 Å². The van der Waals surface area contributed by atoms with Crippen LogP contribution in [0.3, 0.4) is 0 Å². The Labute approximate surface area is 181 Å². The Morgan fingerprint density at radius 3 is 2.39 bits per heavy atom. The highest BCUT2D eigenvalue weighted by Crippen LogP contribution is 2.31. The SMILES string of the molecule is CC(C)(C)c1ccccc1OCCCCCOc1ccc2c(=O)cc(C(=O)O)oc2c1. The van der Waals surface area contributed by atoms with E-state index in [1.165, 1.54) is 5.56 Å². The van der Waals surface area contributed by atoms with Crippen LogP contribution >= 0.6 is 0 Å². The summed E-state index contributed by atoms with van der Waals surface area (Å²) in [5.41, 5.74) is 1.05. The van der Waals surface area contributed by atoms with Gasteiger partial charge in [-0.15, -0.1) is 0 Å². The van der Waals surface area contributed by atoms with Gasteiger partial charge >= 0.3 is 5.97 Å². The monoisotopic (exact) mass is 424 g/mol. The first-order chi connectivity index (χ1) is 14.8. The number of unbranched alkanes of at least 4 members (excludes halogenated alkanes) is 2. The number of carboxylic acids is 1. The van der Waals surface area contributed by atoms with E-state index in [1.807, 2.05) is 18.2 Å². The minimum atomic E-state index is -1.28. The van der Waals surface area contributed by atoms with E-state index in [2.05, 4.69) is 26.8 Å². The Kier molecular flexibility index (Phi) is 7.00. The summed E-state index contributed by atoms with van der Waals surface area (Å²) in [6.07, 6.45) is 2.71. The number of hydrogen-bond acceptors (Lipinski definition) is 5. The third-order valence-corrected chi connectivity index (χ3v) is 4.92. The lowest BCUT2D eigenvalue weighted by Crippen LogP contribution is -2.13. The zero-order valence-electron chi connectivity index (χ0n) is 18.1. The smallest absolute Gasteiger partial charge is 0.371 e. The van der Waals surface area contributed by atoms with Crippen LogP contribution < -0.4 is 14.9 Å². The number of ether oxygens (including phenoxy) is 2. The molecular formula is C25H28O6. The highest BCUT2D eigenvalue weighted by molar-refractivity contribution is 5.87. The van der Waals surface area contributed by atoms with Gasteiger partial charge in [-0.05, 0) is 48.4 Å². The van der Waals surface area contributed by atoms with E-state index in [-0.39, 0.29) is 16.8 Å². The van der Waals surface area contributed by atoms with Crippen molar-refractivity contribution in [3.8, 4) is 11.5 Å². The first-order valence-corrected chi connectivity index (χ1v) is 10.4. The van der Waals surface area contributed by atoms with E-state index in [0.29, 0.717) is 24.3 Å². The van der Waals surface area contributed by atoms with Gasteiger partial charge in [-0.1, -0.05) is 39.0 Å². The zero-order chi connectivity index (χ0) is 22.4. The molecule has 0 atom stereocenters.